The lowest BCUT2D eigenvalue weighted by Gasteiger charge is -2.11. The number of hydrogen-bond acceptors (Lipinski definition) is 4. The Morgan fingerprint density at radius 2 is 2.17 bits per heavy atom. The van der Waals surface area contributed by atoms with Crippen LogP contribution in [0.4, 0.5) is 9.80 Å². The Morgan fingerprint density at radius 1 is 1.43 bits per heavy atom. The highest BCUT2D eigenvalue weighted by Gasteiger charge is 2.29. The lowest BCUT2D eigenvalue weighted by Crippen LogP contribution is -2.22. The van der Waals surface area contributed by atoms with E-state index in [1.54, 1.807) is 0 Å². The number of aromatic nitrogens is 2. The highest BCUT2D eigenvalue weighted by atomic mass is 32.1. The number of rotatable bonds is 4. The topological polar surface area (TPSA) is 116 Å². The maximum atomic E-state index is 11.8. The van der Waals surface area contributed by atoms with E-state index in [1.165, 1.54) is 11.3 Å². The van der Waals surface area contributed by atoms with Gasteiger partial charge in [-0.2, -0.15) is 5.10 Å². The molecule has 0 saturated heterocycles. The molecular formula is C15H19N5O2S. The molecule has 7 nitrogen and oxygen atoms in total. The fourth-order valence-electron chi connectivity index (χ4n) is 2.84. The first kappa shape index (κ1) is 15.5. The molecule has 3 rings (SSSR count). The number of nitrogens with zero attached hydrogens (tertiary/aromatic N) is 2. The molecule has 2 aromatic rings. The van der Waals surface area contributed by atoms with Crippen molar-refractivity contribution in [2.45, 2.75) is 39.2 Å². The second-order valence-corrected chi connectivity index (χ2v) is 6.71. The molecule has 1 atom stereocenters. The van der Waals surface area contributed by atoms with Crippen molar-refractivity contribution >= 4 is 28.3 Å². The number of nitrogens with one attached hydrogen (secondary N) is 1. The summed E-state index contributed by atoms with van der Waals surface area (Å²) >= 11 is 1.33. The average molecular weight is 333 g/mol. The van der Waals surface area contributed by atoms with Crippen molar-refractivity contribution in [2.24, 2.45) is 11.5 Å². The maximum Gasteiger partial charge on any atom is 0.317 e. The third kappa shape index (κ3) is 2.59. The molecule has 2 aromatic heterocycles. The molecule has 0 aromatic carbocycles. The smallest absolute Gasteiger partial charge is 0.317 e. The van der Waals surface area contributed by atoms with Gasteiger partial charge in [-0.1, -0.05) is 6.92 Å². The molecule has 0 spiro atoms. The third-order valence-electron chi connectivity index (χ3n) is 4.20. The molecule has 23 heavy (non-hydrogen) atoms. The lowest BCUT2D eigenvalue weighted by atomic mass is 9.94. The van der Waals surface area contributed by atoms with Crippen molar-refractivity contribution < 1.29 is 9.59 Å². The Labute approximate surface area is 137 Å². The number of hydrogen-bond donors (Lipinski definition) is 3. The van der Waals surface area contributed by atoms with Gasteiger partial charge in [-0.3, -0.25) is 14.8 Å². The van der Waals surface area contributed by atoms with E-state index in [0.717, 1.165) is 34.5 Å². The fourth-order valence-corrected chi connectivity index (χ4v) is 4.13. The quantitative estimate of drug-likeness (QED) is 0.797. The number of aryl methyl sites for hydroxylation is 1. The van der Waals surface area contributed by atoms with Gasteiger partial charge in [-0.05, 0) is 31.7 Å². The zero-order valence-corrected chi connectivity index (χ0v) is 13.9. The molecular weight excluding hydrogens is 314 g/mol. The number of carbonyl (C=O) groups excluding carboxylic acids is 2. The first-order valence-corrected chi connectivity index (χ1v) is 8.34. The predicted octanol–water partition coefficient (Wildman–Crippen LogP) is 2.27. The fraction of sp³-hybridized carbons (Fsp3) is 0.400. The van der Waals surface area contributed by atoms with Crippen LogP contribution in [0.1, 0.15) is 47.9 Å². The van der Waals surface area contributed by atoms with Crippen LogP contribution in [0, 0.1) is 0 Å². The number of thiophene rings is 1. The van der Waals surface area contributed by atoms with Gasteiger partial charge in [0.15, 0.2) is 0 Å². The van der Waals surface area contributed by atoms with Crippen LogP contribution < -0.4 is 16.8 Å². The van der Waals surface area contributed by atoms with Crippen molar-refractivity contribution in [3.05, 3.63) is 23.0 Å². The molecule has 0 aliphatic heterocycles. The van der Waals surface area contributed by atoms with Gasteiger partial charge in [0.1, 0.15) is 5.00 Å². The summed E-state index contributed by atoms with van der Waals surface area (Å²) in [5.41, 5.74) is 14.0. The first-order valence-electron chi connectivity index (χ1n) is 7.52. The highest BCUT2D eigenvalue weighted by molar-refractivity contribution is 7.20. The summed E-state index contributed by atoms with van der Waals surface area (Å²) < 4.78 is 1.96. The van der Waals surface area contributed by atoms with Crippen LogP contribution in [0.5, 0.6) is 0 Å². The zero-order valence-electron chi connectivity index (χ0n) is 13.0. The Bertz CT molecular complexity index is 792. The van der Waals surface area contributed by atoms with Crippen molar-refractivity contribution in [2.75, 3.05) is 5.32 Å². The van der Waals surface area contributed by atoms with E-state index in [-0.39, 0.29) is 0 Å². The summed E-state index contributed by atoms with van der Waals surface area (Å²) in [7, 11) is 0. The molecule has 0 radical (unpaired) electrons. The standard InChI is InChI=1S/C15H19N5O2S/c1-3-7(2)20-6-9-10(19-20)5-4-8-11(13(16)21)14(18-15(17)22)23-12(8)9/h6-7H,3-5H2,1-2H3,(H2,16,21)(H3,17,18,22). The summed E-state index contributed by atoms with van der Waals surface area (Å²) in [6, 6.07) is -0.399. The molecule has 0 bridgehead atoms. The molecule has 5 N–H and O–H groups in total. The SMILES string of the molecule is CCC(C)n1cc2c(n1)CCc1c-2sc(NC(N)=O)c1C(N)=O. The molecule has 2 heterocycles. The Morgan fingerprint density at radius 3 is 2.78 bits per heavy atom. The van der Waals surface area contributed by atoms with Gasteiger partial charge in [0.2, 0.25) is 0 Å². The Balaban J connectivity index is 2.13. The van der Waals surface area contributed by atoms with Gasteiger partial charge in [-0.15, -0.1) is 11.3 Å². The Hall–Kier alpha value is -2.35. The molecule has 3 amide bonds. The van der Waals surface area contributed by atoms with Gasteiger partial charge < -0.3 is 11.5 Å². The van der Waals surface area contributed by atoms with Gasteiger partial charge in [0.25, 0.3) is 5.91 Å². The number of fused-ring (bicyclic) bond motifs is 3. The van der Waals surface area contributed by atoms with Crippen LogP contribution in [0.15, 0.2) is 6.20 Å². The highest BCUT2D eigenvalue weighted by Crippen LogP contribution is 2.45. The van der Waals surface area contributed by atoms with Crippen LogP contribution >= 0.6 is 11.3 Å². The summed E-state index contributed by atoms with van der Waals surface area (Å²) in [6.07, 6.45) is 4.42. The van der Waals surface area contributed by atoms with E-state index in [9.17, 15) is 9.59 Å². The average Bonchev–Trinajstić information content (AvgIpc) is 3.05. The van der Waals surface area contributed by atoms with E-state index < -0.39 is 11.9 Å². The monoisotopic (exact) mass is 333 g/mol. The number of carbonyl (C=O) groups is 2. The Kier molecular flexibility index (Phi) is 3.85. The van der Waals surface area contributed by atoms with E-state index in [1.807, 2.05) is 10.9 Å². The van der Waals surface area contributed by atoms with E-state index >= 15 is 0 Å². The third-order valence-corrected chi connectivity index (χ3v) is 5.38. The maximum absolute atomic E-state index is 11.8. The number of primary amides is 2. The van der Waals surface area contributed by atoms with Crippen molar-refractivity contribution in [3.8, 4) is 10.4 Å². The summed E-state index contributed by atoms with van der Waals surface area (Å²) in [4.78, 5) is 24.0. The lowest BCUT2D eigenvalue weighted by molar-refractivity contribution is 0.100. The minimum atomic E-state index is -0.707. The first-order chi connectivity index (χ1) is 10.9. The van der Waals surface area contributed by atoms with Crippen molar-refractivity contribution in [3.63, 3.8) is 0 Å². The minimum absolute atomic E-state index is 0.308. The van der Waals surface area contributed by atoms with Crippen LogP contribution in [0.25, 0.3) is 10.4 Å². The number of anilines is 1. The van der Waals surface area contributed by atoms with Crippen LogP contribution in [0.2, 0.25) is 0 Å². The van der Waals surface area contributed by atoms with E-state index in [0.29, 0.717) is 23.0 Å². The summed E-state index contributed by atoms with van der Waals surface area (Å²) in [6.45, 7) is 4.23. The minimum Gasteiger partial charge on any atom is -0.365 e. The number of urea groups is 1. The molecule has 0 fully saturated rings. The normalized spacial score (nSPS) is 14.0. The van der Waals surface area contributed by atoms with Gasteiger partial charge >= 0.3 is 6.03 Å². The summed E-state index contributed by atoms with van der Waals surface area (Å²) in [5.74, 6) is -0.552. The predicted molar refractivity (Wildman–Crippen MR) is 89.7 cm³/mol. The van der Waals surface area contributed by atoms with Gasteiger partial charge in [-0.25, -0.2) is 4.79 Å². The van der Waals surface area contributed by atoms with Gasteiger partial charge in [0, 0.05) is 22.7 Å². The second-order valence-electron chi connectivity index (χ2n) is 5.69. The van der Waals surface area contributed by atoms with Crippen molar-refractivity contribution in [1.29, 1.82) is 0 Å². The van der Waals surface area contributed by atoms with Crippen molar-refractivity contribution in [1.82, 2.24) is 9.78 Å². The zero-order chi connectivity index (χ0) is 16.7. The van der Waals surface area contributed by atoms with Crippen LogP contribution in [0.3, 0.4) is 0 Å². The van der Waals surface area contributed by atoms with E-state index in [2.05, 4.69) is 24.3 Å². The molecule has 1 aliphatic carbocycles. The van der Waals surface area contributed by atoms with Gasteiger partial charge in [0.05, 0.1) is 11.3 Å². The van der Waals surface area contributed by atoms with E-state index in [4.69, 9.17) is 11.5 Å². The number of amides is 3. The molecule has 1 unspecified atom stereocenters. The van der Waals surface area contributed by atoms with Crippen LogP contribution in [-0.2, 0) is 12.8 Å². The number of nitrogens with two attached hydrogens (primary N) is 2. The second kappa shape index (κ2) is 5.69. The molecule has 8 heteroatoms. The largest absolute Gasteiger partial charge is 0.365 e. The molecule has 122 valence electrons. The molecule has 1 aliphatic rings. The molecule has 0 saturated carbocycles. The summed E-state index contributed by atoms with van der Waals surface area (Å²) in [5, 5.41) is 7.59. The van der Waals surface area contributed by atoms with Crippen LogP contribution in [-0.4, -0.2) is 21.7 Å².